The second-order valence-electron chi connectivity index (χ2n) is 4.39. The van der Waals surface area contributed by atoms with E-state index in [0.717, 1.165) is 6.42 Å². The van der Waals surface area contributed by atoms with Gasteiger partial charge in [-0.3, -0.25) is 11.3 Å². The van der Waals surface area contributed by atoms with Gasteiger partial charge in [-0.25, -0.2) is 0 Å². The predicted molar refractivity (Wildman–Crippen MR) is 65.4 cm³/mol. The molecule has 2 heteroatoms. The molecule has 0 radical (unpaired) electrons. The molecule has 0 heterocycles. The molecule has 1 aromatic carbocycles. The largest absolute Gasteiger partial charge is 0.271 e. The molecule has 3 N–H and O–H groups in total. The van der Waals surface area contributed by atoms with Crippen molar-refractivity contribution in [3.8, 4) is 0 Å². The van der Waals surface area contributed by atoms with Crippen molar-refractivity contribution in [1.82, 2.24) is 5.43 Å². The Kier molecular flexibility index (Phi) is 4.30. The Morgan fingerprint density at radius 2 is 2.00 bits per heavy atom. The van der Waals surface area contributed by atoms with E-state index >= 15 is 0 Å². The molecule has 2 unspecified atom stereocenters. The molecule has 2 nitrogen and oxygen atoms in total. The van der Waals surface area contributed by atoms with E-state index in [2.05, 4.69) is 51.3 Å². The Labute approximate surface area is 92.8 Å². The number of nitrogens with one attached hydrogen (secondary N) is 1. The maximum atomic E-state index is 5.65. The lowest BCUT2D eigenvalue weighted by Crippen LogP contribution is -2.32. The normalized spacial score (nSPS) is 15.0. The van der Waals surface area contributed by atoms with Crippen molar-refractivity contribution in [1.29, 1.82) is 0 Å². The van der Waals surface area contributed by atoms with E-state index in [9.17, 15) is 0 Å². The molecule has 0 saturated heterocycles. The number of rotatable bonds is 4. The molecule has 0 spiro atoms. The third kappa shape index (κ3) is 2.80. The molecule has 1 rings (SSSR count). The minimum atomic E-state index is 0.259. The number of aryl methyl sites for hydroxylation is 2. The van der Waals surface area contributed by atoms with Gasteiger partial charge in [0.05, 0.1) is 0 Å². The van der Waals surface area contributed by atoms with Crippen LogP contribution >= 0.6 is 0 Å². The van der Waals surface area contributed by atoms with Crippen LogP contribution in [0.25, 0.3) is 0 Å². The van der Waals surface area contributed by atoms with Crippen LogP contribution in [0.1, 0.15) is 43.0 Å². The van der Waals surface area contributed by atoms with E-state index in [-0.39, 0.29) is 6.04 Å². The summed E-state index contributed by atoms with van der Waals surface area (Å²) >= 11 is 0. The molecule has 0 aliphatic rings. The maximum absolute atomic E-state index is 5.65. The zero-order valence-corrected chi connectivity index (χ0v) is 10.2. The Balaban J connectivity index is 3.05. The Morgan fingerprint density at radius 3 is 2.53 bits per heavy atom. The standard InChI is InChI=1S/C13H22N2/c1-5-10(3)13(15-14)12-8-9(2)6-7-11(12)4/h6-8,10,13,15H,5,14H2,1-4H3. The third-order valence-electron chi connectivity index (χ3n) is 3.16. The first-order chi connectivity index (χ1) is 7.10. The average Bonchev–Trinajstić information content (AvgIpc) is 2.23. The van der Waals surface area contributed by atoms with Gasteiger partial charge in [-0.05, 0) is 30.9 Å². The maximum Gasteiger partial charge on any atom is 0.0488 e. The summed E-state index contributed by atoms with van der Waals surface area (Å²) in [5.41, 5.74) is 6.86. The van der Waals surface area contributed by atoms with Gasteiger partial charge in [-0.2, -0.15) is 0 Å². The van der Waals surface area contributed by atoms with Crippen molar-refractivity contribution in [3.63, 3.8) is 0 Å². The van der Waals surface area contributed by atoms with E-state index in [1.165, 1.54) is 16.7 Å². The SMILES string of the molecule is CCC(C)C(NN)c1cc(C)ccc1C. The van der Waals surface area contributed by atoms with Gasteiger partial charge in [-0.15, -0.1) is 0 Å². The molecule has 0 bridgehead atoms. The predicted octanol–water partition coefficient (Wildman–Crippen LogP) is 2.85. The number of hydrazine groups is 1. The minimum absolute atomic E-state index is 0.259. The van der Waals surface area contributed by atoms with Gasteiger partial charge in [0, 0.05) is 6.04 Å². The highest BCUT2D eigenvalue weighted by Crippen LogP contribution is 2.26. The monoisotopic (exact) mass is 206 g/mol. The van der Waals surface area contributed by atoms with Crippen LogP contribution in [0.4, 0.5) is 0 Å². The van der Waals surface area contributed by atoms with Crippen LogP contribution in [0.5, 0.6) is 0 Å². The van der Waals surface area contributed by atoms with Crippen LogP contribution in [0.3, 0.4) is 0 Å². The average molecular weight is 206 g/mol. The number of hydrogen-bond acceptors (Lipinski definition) is 2. The van der Waals surface area contributed by atoms with Crippen molar-refractivity contribution in [2.75, 3.05) is 0 Å². The lowest BCUT2D eigenvalue weighted by atomic mass is 9.89. The topological polar surface area (TPSA) is 38.0 Å². The number of benzene rings is 1. The molecule has 84 valence electrons. The van der Waals surface area contributed by atoms with Crippen molar-refractivity contribution in [2.45, 2.75) is 40.2 Å². The summed E-state index contributed by atoms with van der Waals surface area (Å²) in [5, 5.41) is 0. The van der Waals surface area contributed by atoms with Crippen LogP contribution in [0.2, 0.25) is 0 Å². The summed E-state index contributed by atoms with van der Waals surface area (Å²) in [6.07, 6.45) is 1.13. The summed E-state index contributed by atoms with van der Waals surface area (Å²) in [6, 6.07) is 6.79. The van der Waals surface area contributed by atoms with Gasteiger partial charge in [0.2, 0.25) is 0 Å². The van der Waals surface area contributed by atoms with Crippen LogP contribution in [0, 0.1) is 19.8 Å². The fourth-order valence-corrected chi connectivity index (χ4v) is 1.89. The smallest absolute Gasteiger partial charge is 0.0488 e. The van der Waals surface area contributed by atoms with Gasteiger partial charge in [0.1, 0.15) is 0 Å². The molecule has 0 aliphatic carbocycles. The fourth-order valence-electron chi connectivity index (χ4n) is 1.89. The van der Waals surface area contributed by atoms with E-state index in [1.807, 2.05) is 0 Å². The highest BCUT2D eigenvalue weighted by Gasteiger charge is 2.17. The van der Waals surface area contributed by atoms with Crippen LogP contribution in [0.15, 0.2) is 18.2 Å². The summed E-state index contributed by atoms with van der Waals surface area (Å²) in [5.74, 6) is 6.20. The van der Waals surface area contributed by atoms with Crippen molar-refractivity contribution in [2.24, 2.45) is 11.8 Å². The molecular weight excluding hydrogens is 184 g/mol. The first kappa shape index (κ1) is 12.2. The highest BCUT2D eigenvalue weighted by atomic mass is 15.2. The van der Waals surface area contributed by atoms with Gasteiger partial charge >= 0.3 is 0 Å². The second kappa shape index (κ2) is 5.29. The first-order valence-electron chi connectivity index (χ1n) is 5.63. The molecule has 0 aliphatic heterocycles. The molecule has 0 aromatic heterocycles. The van der Waals surface area contributed by atoms with E-state index in [0.29, 0.717) is 5.92 Å². The number of nitrogens with two attached hydrogens (primary N) is 1. The molecular formula is C13H22N2. The molecule has 2 atom stereocenters. The third-order valence-corrected chi connectivity index (χ3v) is 3.16. The summed E-state index contributed by atoms with van der Waals surface area (Å²) in [7, 11) is 0. The second-order valence-corrected chi connectivity index (χ2v) is 4.39. The first-order valence-corrected chi connectivity index (χ1v) is 5.63. The zero-order valence-electron chi connectivity index (χ0n) is 10.2. The summed E-state index contributed by atoms with van der Waals surface area (Å²) in [6.45, 7) is 8.68. The number of hydrogen-bond donors (Lipinski definition) is 2. The quantitative estimate of drug-likeness (QED) is 0.587. The lowest BCUT2D eigenvalue weighted by molar-refractivity contribution is 0.381. The zero-order chi connectivity index (χ0) is 11.4. The molecule has 0 fully saturated rings. The summed E-state index contributed by atoms with van der Waals surface area (Å²) in [4.78, 5) is 0. The van der Waals surface area contributed by atoms with E-state index < -0.39 is 0 Å². The van der Waals surface area contributed by atoms with Crippen LogP contribution < -0.4 is 11.3 Å². The fraction of sp³-hybridized carbons (Fsp3) is 0.538. The van der Waals surface area contributed by atoms with Crippen LogP contribution in [-0.4, -0.2) is 0 Å². The van der Waals surface area contributed by atoms with Gasteiger partial charge in [-0.1, -0.05) is 44.0 Å². The highest BCUT2D eigenvalue weighted by molar-refractivity contribution is 5.33. The van der Waals surface area contributed by atoms with Crippen molar-refractivity contribution < 1.29 is 0 Å². The Hall–Kier alpha value is -0.860. The lowest BCUT2D eigenvalue weighted by Gasteiger charge is -2.24. The van der Waals surface area contributed by atoms with Gasteiger partial charge in [0.15, 0.2) is 0 Å². The van der Waals surface area contributed by atoms with Crippen LogP contribution in [-0.2, 0) is 0 Å². The Bertz CT molecular complexity index is 320. The molecule has 0 saturated carbocycles. The van der Waals surface area contributed by atoms with E-state index in [1.54, 1.807) is 0 Å². The van der Waals surface area contributed by atoms with Crippen molar-refractivity contribution >= 4 is 0 Å². The van der Waals surface area contributed by atoms with Crippen molar-refractivity contribution in [3.05, 3.63) is 34.9 Å². The molecule has 1 aromatic rings. The van der Waals surface area contributed by atoms with Gasteiger partial charge < -0.3 is 0 Å². The minimum Gasteiger partial charge on any atom is -0.271 e. The van der Waals surface area contributed by atoms with Gasteiger partial charge in [0.25, 0.3) is 0 Å². The Morgan fingerprint density at radius 1 is 1.33 bits per heavy atom. The summed E-state index contributed by atoms with van der Waals surface area (Å²) < 4.78 is 0. The van der Waals surface area contributed by atoms with E-state index in [4.69, 9.17) is 5.84 Å². The molecule has 15 heavy (non-hydrogen) atoms. The molecule has 0 amide bonds.